The minimum Gasteiger partial charge on any atom is -0.495 e. The van der Waals surface area contributed by atoms with Crippen LogP contribution in [0.15, 0.2) is 35.9 Å². The number of carbonyl (C=O) groups is 3. The number of halogens is 1. The molecule has 12 nitrogen and oxygen atoms in total. The molecule has 0 radical (unpaired) electrons. The van der Waals surface area contributed by atoms with Gasteiger partial charge in [0.05, 0.1) is 25.3 Å². The maximum absolute atomic E-state index is 13.9. The van der Waals surface area contributed by atoms with Crippen molar-refractivity contribution in [3.63, 3.8) is 0 Å². The largest absolute Gasteiger partial charge is 0.495 e. The highest BCUT2D eigenvalue weighted by molar-refractivity contribution is 6.35. The first-order valence-corrected chi connectivity index (χ1v) is 15.9. The molecule has 13 heteroatoms. The number of hydrogen-bond acceptors (Lipinski definition) is 10. The minimum atomic E-state index is -1.77. The van der Waals surface area contributed by atoms with Crippen molar-refractivity contribution in [1.82, 2.24) is 10.6 Å². The number of carbonyl (C=O) groups excluding carboxylic acids is 3. The number of alkyl carbamates (subject to hydrolysis) is 1. The summed E-state index contributed by atoms with van der Waals surface area (Å²) in [5.41, 5.74) is -0.597. The maximum Gasteiger partial charge on any atom is 0.409 e. The van der Waals surface area contributed by atoms with Gasteiger partial charge in [-0.1, -0.05) is 42.3 Å². The van der Waals surface area contributed by atoms with Crippen LogP contribution in [0.2, 0.25) is 5.02 Å². The second-order valence-electron chi connectivity index (χ2n) is 12.5. The van der Waals surface area contributed by atoms with Gasteiger partial charge in [0.2, 0.25) is 5.91 Å². The summed E-state index contributed by atoms with van der Waals surface area (Å²) in [6, 6.07) is 3.64. The van der Waals surface area contributed by atoms with Crippen LogP contribution in [-0.2, 0) is 35.0 Å². The van der Waals surface area contributed by atoms with Gasteiger partial charge in [-0.2, -0.15) is 0 Å². The highest BCUT2D eigenvalue weighted by atomic mass is 35.5. The summed E-state index contributed by atoms with van der Waals surface area (Å²) in [6.07, 6.45) is 2.35. The van der Waals surface area contributed by atoms with Crippen molar-refractivity contribution in [2.24, 2.45) is 5.92 Å². The molecule has 3 aliphatic rings. The van der Waals surface area contributed by atoms with Crippen LogP contribution in [0.5, 0.6) is 5.75 Å². The van der Waals surface area contributed by atoms with E-state index < -0.39 is 53.7 Å². The number of nitrogens with one attached hydrogen (secondary N) is 2. The fourth-order valence-electron chi connectivity index (χ4n) is 6.23. The second-order valence-corrected chi connectivity index (χ2v) is 12.9. The predicted molar refractivity (Wildman–Crippen MR) is 172 cm³/mol. The van der Waals surface area contributed by atoms with E-state index in [0.717, 1.165) is 11.1 Å². The molecule has 3 heterocycles. The molecule has 1 aromatic rings. The average molecular weight is 664 g/mol. The number of amides is 2. The number of benzene rings is 1. The van der Waals surface area contributed by atoms with E-state index in [9.17, 15) is 19.5 Å². The van der Waals surface area contributed by atoms with E-state index in [1.54, 1.807) is 33.2 Å². The summed E-state index contributed by atoms with van der Waals surface area (Å²) < 4.78 is 28.9. The lowest BCUT2D eigenvalue weighted by Crippen LogP contribution is -2.63. The van der Waals surface area contributed by atoms with Gasteiger partial charge in [-0.15, -0.1) is 0 Å². The van der Waals surface area contributed by atoms with Crippen molar-refractivity contribution < 1.29 is 43.2 Å². The summed E-state index contributed by atoms with van der Waals surface area (Å²) in [5, 5.41) is 17.4. The van der Waals surface area contributed by atoms with Gasteiger partial charge in [0.25, 0.3) is 0 Å². The quantitative estimate of drug-likeness (QED) is 0.224. The number of methoxy groups -OCH3 is 2. The third-order valence-corrected chi connectivity index (χ3v) is 9.41. The highest BCUT2D eigenvalue weighted by Crippen LogP contribution is 2.49. The Morgan fingerprint density at radius 1 is 1.28 bits per heavy atom. The third kappa shape index (κ3) is 7.86. The van der Waals surface area contributed by atoms with Crippen LogP contribution in [0.4, 0.5) is 10.5 Å². The minimum absolute atomic E-state index is 0.00165. The van der Waals surface area contributed by atoms with E-state index in [0.29, 0.717) is 30.8 Å². The van der Waals surface area contributed by atoms with E-state index in [1.807, 2.05) is 32.1 Å². The van der Waals surface area contributed by atoms with Gasteiger partial charge < -0.3 is 39.0 Å². The Labute approximate surface area is 275 Å². The first-order valence-electron chi connectivity index (χ1n) is 15.5. The molecule has 7 atom stereocenters. The summed E-state index contributed by atoms with van der Waals surface area (Å²) in [6.45, 7) is 6.18. The number of allylic oxidation sites excluding steroid dienone is 3. The number of anilines is 1. The molecule has 254 valence electrons. The number of rotatable bonds is 7. The molecule has 4 bridgehead atoms. The second kappa shape index (κ2) is 14.7. The van der Waals surface area contributed by atoms with Crippen molar-refractivity contribution in [2.75, 3.05) is 39.8 Å². The molecule has 46 heavy (non-hydrogen) atoms. The predicted octanol–water partition coefficient (Wildman–Crippen LogP) is 3.67. The number of esters is 1. The molecule has 1 aromatic carbocycles. The van der Waals surface area contributed by atoms with Gasteiger partial charge in [0.1, 0.15) is 34.7 Å². The smallest absolute Gasteiger partial charge is 0.409 e. The Morgan fingerprint density at radius 2 is 2.02 bits per heavy atom. The number of epoxide rings is 1. The van der Waals surface area contributed by atoms with Gasteiger partial charge in [-0.3, -0.25) is 14.9 Å². The molecule has 2 amide bonds. The fourth-order valence-corrected chi connectivity index (χ4v) is 6.55. The van der Waals surface area contributed by atoms with Gasteiger partial charge in [-0.25, -0.2) is 4.79 Å². The van der Waals surface area contributed by atoms with Crippen molar-refractivity contribution in [1.29, 1.82) is 0 Å². The Kier molecular flexibility index (Phi) is 11.4. The summed E-state index contributed by atoms with van der Waals surface area (Å²) >= 11 is 6.71. The Balaban J connectivity index is 1.76. The zero-order chi connectivity index (χ0) is 33.8. The van der Waals surface area contributed by atoms with Gasteiger partial charge in [0, 0.05) is 32.9 Å². The molecule has 7 unspecified atom stereocenters. The number of aliphatic hydroxyl groups is 1. The van der Waals surface area contributed by atoms with Gasteiger partial charge in [0.15, 0.2) is 5.72 Å². The van der Waals surface area contributed by atoms with Crippen LogP contribution in [0.3, 0.4) is 0 Å². The zero-order valence-corrected chi connectivity index (χ0v) is 28.3. The highest BCUT2D eigenvalue weighted by Gasteiger charge is 2.64. The summed E-state index contributed by atoms with van der Waals surface area (Å²) in [7, 11) is 6.37. The van der Waals surface area contributed by atoms with E-state index in [1.165, 1.54) is 19.1 Å². The Morgan fingerprint density at radius 3 is 2.70 bits per heavy atom. The number of nitrogens with zero attached hydrogens (tertiary/aromatic N) is 1. The first-order chi connectivity index (χ1) is 21.8. The van der Waals surface area contributed by atoms with Crippen LogP contribution < -0.4 is 20.3 Å². The van der Waals surface area contributed by atoms with Crippen molar-refractivity contribution in [3.8, 4) is 5.75 Å². The van der Waals surface area contributed by atoms with Crippen LogP contribution in [0, 0.1) is 5.92 Å². The molecule has 3 N–H and O–H groups in total. The lowest BCUT2D eigenvalue weighted by molar-refractivity contribution is -0.153. The third-order valence-electron chi connectivity index (χ3n) is 9.03. The van der Waals surface area contributed by atoms with Gasteiger partial charge >= 0.3 is 12.1 Å². The lowest BCUT2D eigenvalue weighted by atomic mass is 9.83. The van der Waals surface area contributed by atoms with Crippen molar-refractivity contribution in [3.05, 3.63) is 46.5 Å². The lowest BCUT2D eigenvalue weighted by Gasteiger charge is -2.42. The van der Waals surface area contributed by atoms with Crippen LogP contribution in [0.1, 0.15) is 52.0 Å². The monoisotopic (exact) mass is 663 g/mol. The molecule has 0 spiro atoms. The number of hydrogen-bond donors (Lipinski definition) is 3. The maximum atomic E-state index is 13.9. The van der Waals surface area contributed by atoms with E-state index >= 15 is 0 Å². The first kappa shape index (κ1) is 35.7. The van der Waals surface area contributed by atoms with E-state index in [-0.39, 0.29) is 30.2 Å². The molecule has 3 aliphatic heterocycles. The SMILES string of the molecule is CNCCCC(=O)OC1CC(=O)N(C)c2cc(cc(OC)c2Cl)CC(C)=CC=CC(OC)C2(O)CC(OC(=O)N2)C(C)C2OC12C. The summed E-state index contributed by atoms with van der Waals surface area (Å²) in [5.74, 6) is -0.844. The van der Waals surface area contributed by atoms with E-state index in [4.69, 9.17) is 35.3 Å². The Hall–Kier alpha value is -3.16. The van der Waals surface area contributed by atoms with Gasteiger partial charge in [-0.05, 0) is 58.0 Å². The molecule has 0 aromatic heterocycles. The zero-order valence-electron chi connectivity index (χ0n) is 27.6. The number of fused-ring (bicyclic) bond motifs is 5. The van der Waals surface area contributed by atoms with Crippen molar-refractivity contribution >= 4 is 35.3 Å². The molecule has 2 saturated heterocycles. The van der Waals surface area contributed by atoms with E-state index in [2.05, 4.69) is 10.6 Å². The van der Waals surface area contributed by atoms with Crippen LogP contribution in [-0.4, -0.2) is 93.7 Å². The normalized spacial score (nSPS) is 31.7. The van der Waals surface area contributed by atoms with Crippen LogP contribution in [0.25, 0.3) is 0 Å². The van der Waals surface area contributed by atoms with Crippen molar-refractivity contribution in [2.45, 2.75) is 88.6 Å². The average Bonchev–Trinajstić information content (AvgIpc) is 3.70. The fraction of sp³-hybridized carbons (Fsp3) is 0.606. The molecule has 2 fully saturated rings. The molecular weight excluding hydrogens is 618 g/mol. The number of ether oxygens (including phenoxy) is 5. The molecular formula is C33H46ClN3O9. The Bertz CT molecular complexity index is 1370. The molecule has 4 rings (SSSR count). The summed E-state index contributed by atoms with van der Waals surface area (Å²) in [4.78, 5) is 41.0. The molecule has 0 aliphatic carbocycles. The standard InChI is InChI=1S/C33H46ClN3O9/c1-19-10-8-11-25(43-7)33(41)18-24(44-31(40)36-33)20(2)30-32(3,46-30)26(45-28(39)12-9-13-35-4)17-27(38)37(5)22-15-21(14-19)16-23(42-6)29(22)34/h8,10-11,15-16,20,24-26,30,35,41H,9,12-14,17-18H2,1-7H3,(H,36,40). The molecule has 0 saturated carbocycles. The van der Waals surface area contributed by atoms with Crippen LogP contribution >= 0.6 is 11.6 Å². The topological polar surface area (TPSA) is 148 Å².